The number of ketones is 2. The smallest absolute Gasteiger partial charge is 0.219 e. The van der Waals surface area contributed by atoms with E-state index in [1.807, 2.05) is 30.3 Å². The molecular formula is C26H18N2O4. The zero-order valence-electron chi connectivity index (χ0n) is 17.0. The highest BCUT2D eigenvalue weighted by Crippen LogP contribution is 2.24. The van der Waals surface area contributed by atoms with Crippen LogP contribution in [0.1, 0.15) is 10.4 Å². The van der Waals surface area contributed by atoms with Crippen LogP contribution in [0.3, 0.4) is 0 Å². The quantitative estimate of drug-likeness (QED) is 0.293. The fraction of sp³-hybridized carbons (Fsp3) is 0.0769. The lowest BCUT2D eigenvalue weighted by Gasteiger charge is -2.10. The molecule has 0 fully saturated rings. The van der Waals surface area contributed by atoms with Crippen LogP contribution in [0.2, 0.25) is 0 Å². The number of Topliss-reactive ketones (excluding diaryl/α,β-unsaturated/α-hetero) is 2. The van der Waals surface area contributed by atoms with Crippen LogP contribution in [0.15, 0.2) is 91.0 Å². The molecule has 0 saturated carbocycles. The molecule has 0 bridgehead atoms. The van der Waals surface area contributed by atoms with Crippen molar-refractivity contribution in [3.63, 3.8) is 0 Å². The minimum absolute atomic E-state index is 0.316. The van der Waals surface area contributed by atoms with Crippen LogP contribution >= 0.6 is 0 Å². The molecule has 3 aromatic carbocycles. The Labute approximate surface area is 184 Å². The first-order valence-electron chi connectivity index (χ1n) is 9.92. The van der Waals surface area contributed by atoms with Crippen molar-refractivity contribution in [3.8, 4) is 23.4 Å². The van der Waals surface area contributed by atoms with Crippen LogP contribution in [-0.4, -0.2) is 23.2 Å². The van der Waals surface area contributed by atoms with E-state index in [4.69, 9.17) is 9.47 Å². The second-order valence-corrected chi connectivity index (χ2v) is 6.96. The summed E-state index contributed by atoms with van der Waals surface area (Å²) in [5.41, 5.74) is 1.15. The normalized spacial score (nSPS) is 11.3. The van der Waals surface area contributed by atoms with Crippen LogP contribution in [0, 0.1) is 17.2 Å². The Balaban J connectivity index is 1.36. The minimum atomic E-state index is -1.40. The molecule has 4 rings (SSSR count). The summed E-state index contributed by atoms with van der Waals surface area (Å²) < 4.78 is 11.3. The van der Waals surface area contributed by atoms with Gasteiger partial charge in [-0.15, -0.1) is 0 Å². The Morgan fingerprint density at radius 1 is 0.844 bits per heavy atom. The lowest BCUT2D eigenvalue weighted by Crippen LogP contribution is -2.27. The summed E-state index contributed by atoms with van der Waals surface area (Å²) in [5.74, 6) is -1.10. The Kier molecular flexibility index (Phi) is 6.19. The fourth-order valence-corrected chi connectivity index (χ4v) is 3.11. The van der Waals surface area contributed by atoms with E-state index in [9.17, 15) is 14.9 Å². The number of hydrogen-bond acceptors (Lipinski definition) is 6. The van der Waals surface area contributed by atoms with Gasteiger partial charge in [-0.3, -0.25) is 9.59 Å². The number of benzene rings is 3. The van der Waals surface area contributed by atoms with E-state index in [-0.39, 0.29) is 6.61 Å². The minimum Gasteiger partial charge on any atom is -0.486 e. The summed E-state index contributed by atoms with van der Waals surface area (Å²) in [5, 5.41) is 10.3. The van der Waals surface area contributed by atoms with Crippen LogP contribution < -0.4 is 9.47 Å². The van der Waals surface area contributed by atoms with Gasteiger partial charge in [-0.25, -0.2) is 4.98 Å². The third-order valence-corrected chi connectivity index (χ3v) is 4.77. The Hall–Kier alpha value is -4.50. The van der Waals surface area contributed by atoms with Crippen molar-refractivity contribution in [1.29, 1.82) is 5.26 Å². The van der Waals surface area contributed by atoms with Gasteiger partial charge in [0.25, 0.3) is 0 Å². The molecular weight excluding hydrogens is 404 g/mol. The second-order valence-electron chi connectivity index (χ2n) is 6.96. The number of para-hydroxylation sites is 1. The summed E-state index contributed by atoms with van der Waals surface area (Å²) in [4.78, 5) is 29.2. The number of nitrogens with zero attached hydrogens (tertiary/aromatic N) is 2. The van der Waals surface area contributed by atoms with Crippen molar-refractivity contribution in [1.82, 2.24) is 4.98 Å². The summed E-state index contributed by atoms with van der Waals surface area (Å²) in [6, 6.07) is 28.2. The molecule has 0 aliphatic heterocycles. The van der Waals surface area contributed by atoms with Gasteiger partial charge < -0.3 is 9.47 Å². The number of nitriles is 1. The summed E-state index contributed by atoms with van der Waals surface area (Å²) >= 11 is 0. The number of pyridine rings is 1. The summed E-state index contributed by atoms with van der Waals surface area (Å²) in [6.07, 6.45) is 0. The Morgan fingerprint density at radius 3 is 2.28 bits per heavy atom. The molecule has 6 nitrogen and oxygen atoms in total. The highest BCUT2D eigenvalue weighted by atomic mass is 16.5. The first-order chi connectivity index (χ1) is 15.6. The maximum Gasteiger partial charge on any atom is 0.219 e. The number of hydrogen-bond donors (Lipinski definition) is 0. The SMILES string of the molecule is N#CC(C(=O)COc1ccc(Oc2ccc3ccccc3n2)cc1)C(=O)c1ccccc1. The van der Waals surface area contributed by atoms with Crippen molar-refractivity contribution in [3.05, 3.63) is 96.6 Å². The maximum atomic E-state index is 12.4. The fourth-order valence-electron chi connectivity index (χ4n) is 3.11. The van der Waals surface area contributed by atoms with Gasteiger partial charge in [0.2, 0.25) is 5.88 Å². The Bertz CT molecular complexity index is 1290. The van der Waals surface area contributed by atoms with Gasteiger partial charge in [0, 0.05) is 17.0 Å². The van der Waals surface area contributed by atoms with Crippen LogP contribution in [-0.2, 0) is 4.79 Å². The number of ether oxygens (including phenoxy) is 2. The van der Waals surface area contributed by atoms with Crippen LogP contribution in [0.5, 0.6) is 17.4 Å². The van der Waals surface area contributed by atoms with Gasteiger partial charge in [0.1, 0.15) is 18.1 Å². The van der Waals surface area contributed by atoms with Gasteiger partial charge in [-0.2, -0.15) is 5.26 Å². The highest BCUT2D eigenvalue weighted by molar-refractivity contribution is 6.13. The van der Waals surface area contributed by atoms with E-state index >= 15 is 0 Å². The van der Waals surface area contributed by atoms with E-state index in [2.05, 4.69) is 4.98 Å². The third kappa shape index (κ3) is 4.79. The van der Waals surface area contributed by atoms with Gasteiger partial charge in [-0.1, -0.05) is 48.5 Å². The number of carbonyl (C=O) groups is 2. The lowest BCUT2D eigenvalue weighted by atomic mass is 9.95. The number of aromatic nitrogens is 1. The number of rotatable bonds is 8. The number of carbonyl (C=O) groups excluding carboxylic acids is 2. The van der Waals surface area contributed by atoms with E-state index in [1.165, 1.54) is 0 Å². The van der Waals surface area contributed by atoms with E-state index in [1.54, 1.807) is 66.7 Å². The average Bonchev–Trinajstić information content (AvgIpc) is 2.84. The van der Waals surface area contributed by atoms with E-state index in [0.29, 0.717) is 22.9 Å². The molecule has 1 heterocycles. The van der Waals surface area contributed by atoms with Crippen LogP contribution in [0.25, 0.3) is 10.9 Å². The molecule has 0 saturated heterocycles. The maximum absolute atomic E-state index is 12.4. The molecule has 1 unspecified atom stereocenters. The molecule has 32 heavy (non-hydrogen) atoms. The van der Waals surface area contributed by atoms with Gasteiger partial charge in [-0.05, 0) is 36.4 Å². The van der Waals surface area contributed by atoms with Crippen molar-refractivity contribution >= 4 is 22.5 Å². The molecule has 0 aliphatic rings. The zero-order valence-corrected chi connectivity index (χ0v) is 17.0. The number of fused-ring (bicyclic) bond motifs is 1. The van der Waals surface area contributed by atoms with E-state index < -0.39 is 17.5 Å². The highest BCUT2D eigenvalue weighted by Gasteiger charge is 2.27. The molecule has 1 aromatic heterocycles. The van der Waals surface area contributed by atoms with Crippen LogP contribution in [0.4, 0.5) is 0 Å². The predicted molar refractivity (Wildman–Crippen MR) is 119 cm³/mol. The second kappa shape index (κ2) is 9.54. The topological polar surface area (TPSA) is 89.3 Å². The molecule has 0 N–H and O–H groups in total. The van der Waals surface area contributed by atoms with Crippen molar-refractivity contribution in [2.45, 2.75) is 0 Å². The first kappa shape index (κ1) is 20.8. The van der Waals surface area contributed by atoms with E-state index in [0.717, 1.165) is 10.9 Å². The molecule has 6 heteroatoms. The van der Waals surface area contributed by atoms with Gasteiger partial charge >= 0.3 is 0 Å². The lowest BCUT2D eigenvalue weighted by molar-refractivity contribution is -0.122. The van der Waals surface area contributed by atoms with Crippen molar-refractivity contribution in [2.24, 2.45) is 5.92 Å². The predicted octanol–water partition coefficient (Wildman–Crippen LogP) is 5.00. The summed E-state index contributed by atoms with van der Waals surface area (Å²) in [7, 11) is 0. The first-order valence-corrected chi connectivity index (χ1v) is 9.92. The monoisotopic (exact) mass is 422 g/mol. The molecule has 156 valence electrons. The molecule has 0 spiro atoms. The van der Waals surface area contributed by atoms with Gasteiger partial charge in [0.15, 0.2) is 17.5 Å². The average molecular weight is 422 g/mol. The van der Waals surface area contributed by atoms with Crippen molar-refractivity contribution in [2.75, 3.05) is 6.61 Å². The molecule has 4 aromatic rings. The third-order valence-electron chi connectivity index (χ3n) is 4.77. The molecule has 1 atom stereocenters. The molecule has 0 amide bonds. The van der Waals surface area contributed by atoms with Gasteiger partial charge in [0.05, 0.1) is 11.6 Å². The summed E-state index contributed by atoms with van der Waals surface area (Å²) in [6.45, 7) is -0.386. The molecule has 0 aliphatic carbocycles. The zero-order chi connectivity index (χ0) is 22.3. The Morgan fingerprint density at radius 2 is 1.53 bits per heavy atom. The standard InChI is InChI=1S/C26H18N2O4/c27-16-22(26(30)19-7-2-1-3-8-19)24(29)17-31-20-11-13-21(14-12-20)32-25-15-10-18-6-4-5-9-23(18)28-25/h1-15,22H,17H2. The van der Waals surface area contributed by atoms with Crippen molar-refractivity contribution < 1.29 is 19.1 Å². The largest absolute Gasteiger partial charge is 0.486 e. The molecule has 0 radical (unpaired) electrons.